The molecule has 0 bridgehead atoms. The number of carbonyl (C=O) groups excluding carboxylic acids is 2. The second kappa shape index (κ2) is 8.62. The van der Waals surface area contributed by atoms with Gasteiger partial charge in [0.15, 0.2) is 0 Å². The Morgan fingerprint density at radius 2 is 1.89 bits per heavy atom. The minimum atomic E-state index is -0.457. The second-order valence-corrected chi connectivity index (χ2v) is 6.81. The average Bonchev–Trinajstić information content (AvgIpc) is 3.06. The molecule has 1 aromatic heterocycles. The maximum Gasteiger partial charge on any atom is 0.248 e. The summed E-state index contributed by atoms with van der Waals surface area (Å²) in [5.74, 6) is -1.03. The number of aromatic nitrogens is 2. The first kappa shape index (κ1) is 19.5. The molecule has 0 unspecified atom stereocenters. The molecular weight excluding hydrogens is 427 g/mol. The van der Waals surface area contributed by atoms with Gasteiger partial charge in [0.2, 0.25) is 11.8 Å². The first-order valence-electron chi connectivity index (χ1n) is 8.27. The van der Waals surface area contributed by atoms with E-state index in [9.17, 15) is 14.0 Å². The molecule has 6 nitrogen and oxygen atoms in total. The molecule has 0 saturated heterocycles. The lowest BCUT2D eigenvalue weighted by Gasteiger charge is -2.06. The van der Waals surface area contributed by atoms with Crippen LogP contribution in [0.2, 0.25) is 0 Å². The summed E-state index contributed by atoms with van der Waals surface area (Å²) in [6, 6.07) is 11.4. The van der Waals surface area contributed by atoms with Crippen molar-refractivity contribution in [2.75, 3.05) is 10.6 Å². The van der Waals surface area contributed by atoms with Crippen molar-refractivity contribution < 1.29 is 14.0 Å². The largest absolute Gasteiger partial charge is 0.326 e. The Kier molecular flexibility index (Phi) is 6.00. The number of nitrogens with one attached hydrogen (secondary N) is 2. The summed E-state index contributed by atoms with van der Waals surface area (Å²) < 4.78 is 16.5. The minimum absolute atomic E-state index is 0.198. The summed E-state index contributed by atoms with van der Waals surface area (Å²) in [5.41, 5.74) is 1.96. The van der Waals surface area contributed by atoms with Crippen LogP contribution in [-0.4, -0.2) is 21.6 Å². The highest BCUT2D eigenvalue weighted by Gasteiger charge is 2.07. The van der Waals surface area contributed by atoms with Gasteiger partial charge in [0.05, 0.1) is 10.7 Å². The standard InChI is InChI=1S/C20H16BrFN4O2/c1-13(27)24-16-3-2-4-17(10-16)25-20(28)8-6-14-5-7-19(18(22)9-14)26-12-15(21)11-23-26/h2-12H,1H3,(H,24,27)(H,25,28)/b8-6+. The fourth-order valence-electron chi connectivity index (χ4n) is 2.48. The molecule has 0 aliphatic heterocycles. The Morgan fingerprint density at radius 1 is 1.14 bits per heavy atom. The molecule has 8 heteroatoms. The molecule has 0 aliphatic carbocycles. The van der Waals surface area contributed by atoms with Gasteiger partial charge in [0.1, 0.15) is 11.5 Å². The fourth-order valence-corrected chi connectivity index (χ4v) is 2.76. The molecule has 0 radical (unpaired) electrons. The quantitative estimate of drug-likeness (QED) is 0.575. The summed E-state index contributed by atoms with van der Waals surface area (Å²) in [5, 5.41) is 9.38. The van der Waals surface area contributed by atoms with Gasteiger partial charge in [-0.1, -0.05) is 12.1 Å². The molecular formula is C20H16BrFN4O2. The first-order chi connectivity index (χ1) is 13.4. The predicted molar refractivity (Wildman–Crippen MR) is 110 cm³/mol. The van der Waals surface area contributed by atoms with Gasteiger partial charge in [-0.3, -0.25) is 9.59 Å². The Hall–Kier alpha value is -3.26. The fraction of sp³-hybridized carbons (Fsp3) is 0.0500. The van der Waals surface area contributed by atoms with Gasteiger partial charge in [0, 0.05) is 30.6 Å². The molecule has 0 aliphatic rings. The van der Waals surface area contributed by atoms with E-state index in [1.165, 1.54) is 29.8 Å². The highest BCUT2D eigenvalue weighted by atomic mass is 79.9. The summed E-state index contributed by atoms with van der Waals surface area (Å²) in [7, 11) is 0. The zero-order valence-corrected chi connectivity index (χ0v) is 16.4. The van der Waals surface area contributed by atoms with Crippen LogP contribution in [0.25, 0.3) is 11.8 Å². The van der Waals surface area contributed by atoms with Crippen molar-refractivity contribution in [1.29, 1.82) is 0 Å². The minimum Gasteiger partial charge on any atom is -0.326 e. The highest BCUT2D eigenvalue weighted by molar-refractivity contribution is 9.10. The van der Waals surface area contributed by atoms with E-state index >= 15 is 0 Å². The van der Waals surface area contributed by atoms with Crippen molar-refractivity contribution >= 4 is 45.2 Å². The number of halogens is 2. The Morgan fingerprint density at radius 3 is 2.54 bits per heavy atom. The molecule has 2 N–H and O–H groups in total. The van der Waals surface area contributed by atoms with Crippen molar-refractivity contribution in [2.45, 2.75) is 6.92 Å². The van der Waals surface area contributed by atoms with Crippen molar-refractivity contribution in [2.24, 2.45) is 0 Å². The van der Waals surface area contributed by atoms with Gasteiger partial charge in [-0.25, -0.2) is 9.07 Å². The van der Waals surface area contributed by atoms with E-state index in [4.69, 9.17) is 0 Å². The molecule has 3 rings (SSSR count). The van der Waals surface area contributed by atoms with Crippen molar-refractivity contribution in [3.05, 3.63) is 76.8 Å². The van der Waals surface area contributed by atoms with Crippen LogP contribution in [0.3, 0.4) is 0 Å². The van der Waals surface area contributed by atoms with E-state index < -0.39 is 5.82 Å². The van der Waals surface area contributed by atoms with E-state index in [0.717, 1.165) is 4.47 Å². The van der Waals surface area contributed by atoms with Crippen LogP contribution in [0.4, 0.5) is 15.8 Å². The third-order valence-electron chi connectivity index (χ3n) is 3.65. The first-order valence-corrected chi connectivity index (χ1v) is 9.07. The second-order valence-electron chi connectivity index (χ2n) is 5.90. The normalized spacial score (nSPS) is 10.8. The number of hydrogen-bond donors (Lipinski definition) is 2. The number of amides is 2. The van der Waals surface area contributed by atoms with E-state index in [0.29, 0.717) is 22.6 Å². The number of nitrogens with zero attached hydrogens (tertiary/aromatic N) is 2. The summed E-state index contributed by atoms with van der Waals surface area (Å²) in [6.07, 6.45) is 6.04. The lowest BCUT2D eigenvalue weighted by atomic mass is 10.2. The Balaban J connectivity index is 1.67. The predicted octanol–water partition coefficient (Wildman–Crippen LogP) is 4.38. The zero-order chi connectivity index (χ0) is 20.1. The number of anilines is 2. The lowest BCUT2D eigenvalue weighted by molar-refractivity contribution is -0.114. The molecule has 0 saturated carbocycles. The van der Waals surface area contributed by atoms with Gasteiger partial charge < -0.3 is 10.6 Å². The van der Waals surface area contributed by atoms with Crippen LogP contribution in [0.5, 0.6) is 0 Å². The smallest absolute Gasteiger partial charge is 0.248 e. The summed E-state index contributed by atoms with van der Waals surface area (Å²) >= 11 is 3.27. The summed E-state index contributed by atoms with van der Waals surface area (Å²) in [6.45, 7) is 1.41. The molecule has 0 spiro atoms. The maximum absolute atomic E-state index is 14.3. The van der Waals surface area contributed by atoms with E-state index in [1.54, 1.807) is 48.8 Å². The van der Waals surface area contributed by atoms with Crippen LogP contribution in [-0.2, 0) is 9.59 Å². The van der Waals surface area contributed by atoms with Crippen LogP contribution in [0, 0.1) is 5.82 Å². The van der Waals surface area contributed by atoms with E-state index in [2.05, 4.69) is 31.7 Å². The Labute approximate surface area is 169 Å². The lowest BCUT2D eigenvalue weighted by Crippen LogP contribution is -2.09. The van der Waals surface area contributed by atoms with E-state index in [-0.39, 0.29) is 11.8 Å². The number of benzene rings is 2. The van der Waals surface area contributed by atoms with Gasteiger partial charge >= 0.3 is 0 Å². The third-order valence-corrected chi connectivity index (χ3v) is 4.06. The maximum atomic E-state index is 14.3. The van der Waals surface area contributed by atoms with Crippen molar-refractivity contribution in [1.82, 2.24) is 9.78 Å². The van der Waals surface area contributed by atoms with Gasteiger partial charge in [0.25, 0.3) is 0 Å². The van der Waals surface area contributed by atoms with Crippen LogP contribution in [0.15, 0.2) is 65.4 Å². The number of carbonyl (C=O) groups is 2. The monoisotopic (exact) mass is 442 g/mol. The van der Waals surface area contributed by atoms with Crippen molar-refractivity contribution in [3.8, 4) is 5.69 Å². The van der Waals surface area contributed by atoms with Gasteiger partial charge in [-0.15, -0.1) is 0 Å². The molecule has 2 aromatic carbocycles. The molecule has 142 valence electrons. The molecule has 0 fully saturated rings. The Bertz CT molecular complexity index is 1060. The molecule has 28 heavy (non-hydrogen) atoms. The number of hydrogen-bond acceptors (Lipinski definition) is 3. The zero-order valence-electron chi connectivity index (χ0n) is 14.8. The topological polar surface area (TPSA) is 76.0 Å². The molecule has 2 amide bonds. The molecule has 3 aromatic rings. The SMILES string of the molecule is CC(=O)Nc1cccc(NC(=O)/C=C/c2ccc(-n3cc(Br)cn3)c(F)c2)c1. The highest BCUT2D eigenvalue weighted by Crippen LogP contribution is 2.18. The number of rotatable bonds is 5. The van der Waals surface area contributed by atoms with Gasteiger partial charge in [-0.05, 0) is 57.9 Å². The van der Waals surface area contributed by atoms with E-state index in [1.807, 2.05) is 0 Å². The third kappa shape index (κ3) is 5.14. The average molecular weight is 443 g/mol. The van der Waals surface area contributed by atoms with Crippen LogP contribution >= 0.6 is 15.9 Å². The van der Waals surface area contributed by atoms with Crippen LogP contribution < -0.4 is 10.6 Å². The molecule has 1 heterocycles. The van der Waals surface area contributed by atoms with Crippen molar-refractivity contribution in [3.63, 3.8) is 0 Å². The van der Waals surface area contributed by atoms with Crippen LogP contribution in [0.1, 0.15) is 12.5 Å². The summed E-state index contributed by atoms with van der Waals surface area (Å²) in [4.78, 5) is 23.2. The van der Waals surface area contributed by atoms with Gasteiger partial charge in [-0.2, -0.15) is 5.10 Å². The molecule has 0 atom stereocenters.